The Morgan fingerprint density at radius 1 is 0.491 bits per heavy atom. The number of benzene rings is 6. The van der Waals surface area contributed by atoms with Gasteiger partial charge in [-0.1, -0.05) is 42.5 Å². The van der Waals surface area contributed by atoms with Crippen LogP contribution in [0.2, 0.25) is 0 Å². The minimum atomic E-state index is -4.44. The maximum Gasteiger partial charge on any atom is 0.298 e. The second-order valence-electron chi connectivity index (χ2n) is 13.9. The summed E-state index contributed by atoms with van der Waals surface area (Å²) in [6.07, 6.45) is 0. The van der Waals surface area contributed by atoms with Gasteiger partial charge in [-0.15, -0.1) is 0 Å². The molecular formula is C42H31F3O10S2. The number of phenolic OH excluding ortho intramolecular Hbond substituents is 2. The van der Waals surface area contributed by atoms with Crippen molar-refractivity contribution in [3.05, 3.63) is 176 Å². The average molecular weight is 817 g/mol. The lowest BCUT2D eigenvalue weighted by molar-refractivity contribution is -0.103. The fraction of sp³-hybridized carbons (Fsp3) is 0.143. The van der Waals surface area contributed by atoms with Crippen molar-refractivity contribution in [3.63, 3.8) is 0 Å². The predicted molar refractivity (Wildman–Crippen MR) is 198 cm³/mol. The van der Waals surface area contributed by atoms with Crippen LogP contribution in [0.4, 0.5) is 13.2 Å². The van der Waals surface area contributed by atoms with Gasteiger partial charge in [0.05, 0.1) is 0 Å². The lowest BCUT2D eigenvalue weighted by atomic mass is 9.76. The van der Waals surface area contributed by atoms with Gasteiger partial charge in [0.2, 0.25) is 5.75 Å². The van der Waals surface area contributed by atoms with Gasteiger partial charge in [-0.05, 0) is 116 Å². The van der Waals surface area contributed by atoms with E-state index in [9.17, 15) is 35.8 Å². The van der Waals surface area contributed by atoms with Gasteiger partial charge in [0.25, 0.3) is 20.2 Å². The van der Waals surface area contributed by atoms with E-state index in [0.29, 0.717) is 16.7 Å². The van der Waals surface area contributed by atoms with Crippen LogP contribution in [-0.2, 0) is 39.8 Å². The second kappa shape index (κ2) is 13.1. The number of rotatable bonds is 7. The molecule has 2 heterocycles. The van der Waals surface area contributed by atoms with Gasteiger partial charge < -0.3 is 10.2 Å². The first kappa shape index (κ1) is 38.0. The highest BCUT2D eigenvalue weighted by atomic mass is 32.2. The number of halogens is 3. The summed E-state index contributed by atoms with van der Waals surface area (Å²) in [4.78, 5) is 10.7. The van der Waals surface area contributed by atoms with Crippen LogP contribution in [0, 0.1) is 45.1 Å². The molecule has 2 atom stereocenters. The number of hydrogen-bond acceptors (Lipinski definition) is 10. The van der Waals surface area contributed by atoms with E-state index < -0.39 is 66.1 Å². The van der Waals surface area contributed by atoms with E-state index in [1.807, 2.05) is 0 Å². The molecule has 2 N–H and O–H groups in total. The second-order valence-corrected chi connectivity index (χ2v) is 16.9. The highest BCUT2D eigenvalue weighted by Gasteiger charge is 2.54. The maximum atomic E-state index is 16.1. The zero-order valence-corrected chi connectivity index (χ0v) is 32.1. The molecule has 15 heteroatoms. The third-order valence-electron chi connectivity index (χ3n) is 10.4. The van der Waals surface area contributed by atoms with Gasteiger partial charge in [0, 0.05) is 27.8 Å². The van der Waals surface area contributed by atoms with Crippen molar-refractivity contribution in [2.75, 3.05) is 0 Å². The Bertz CT molecular complexity index is 2920. The van der Waals surface area contributed by atoms with E-state index in [4.69, 9.17) is 18.1 Å². The molecule has 292 valence electrons. The quantitative estimate of drug-likeness (QED) is 0.0920. The van der Waals surface area contributed by atoms with Crippen molar-refractivity contribution in [3.8, 4) is 23.0 Å². The largest absolute Gasteiger partial charge is 0.505 e. The van der Waals surface area contributed by atoms with Gasteiger partial charge in [0.15, 0.2) is 45.9 Å². The number of phenols is 2. The number of aromatic hydroxyl groups is 2. The Labute approximate surface area is 325 Å². The van der Waals surface area contributed by atoms with Gasteiger partial charge in [-0.3, -0.25) is 9.78 Å². The molecule has 0 bridgehead atoms. The van der Waals surface area contributed by atoms with Crippen molar-refractivity contribution in [2.45, 2.75) is 48.7 Å². The SMILES string of the molecule is Cc1cc(OOc2cc(C)c(C3(c4cc(F)c(O)cc4C)OS(=O)(=O)c4ccccc43)cc2F)ccc1C1(c2cc(F)c(O)cc2C)OS(=O)(=O)c2ccccc21. The molecule has 0 saturated carbocycles. The molecule has 2 aliphatic rings. The zero-order chi connectivity index (χ0) is 40.8. The monoisotopic (exact) mass is 816 g/mol. The van der Waals surface area contributed by atoms with Crippen LogP contribution >= 0.6 is 0 Å². The highest BCUT2D eigenvalue weighted by molar-refractivity contribution is 7.87. The van der Waals surface area contributed by atoms with E-state index in [-0.39, 0.29) is 54.5 Å². The lowest BCUT2D eigenvalue weighted by Gasteiger charge is -2.32. The average Bonchev–Trinajstić information content (AvgIpc) is 3.55. The van der Waals surface area contributed by atoms with E-state index in [2.05, 4.69) is 0 Å². The Kier molecular flexibility index (Phi) is 8.74. The minimum Gasteiger partial charge on any atom is -0.505 e. The van der Waals surface area contributed by atoms with E-state index >= 15 is 4.39 Å². The predicted octanol–water partition coefficient (Wildman–Crippen LogP) is 8.14. The summed E-state index contributed by atoms with van der Waals surface area (Å²) in [6, 6.07) is 22.9. The van der Waals surface area contributed by atoms with Gasteiger partial charge in [-0.25, -0.2) is 21.5 Å². The van der Waals surface area contributed by atoms with Crippen LogP contribution in [0.25, 0.3) is 0 Å². The van der Waals surface area contributed by atoms with Crippen molar-refractivity contribution in [1.29, 1.82) is 0 Å². The molecule has 0 saturated heterocycles. The first-order valence-electron chi connectivity index (χ1n) is 17.3. The van der Waals surface area contributed by atoms with Crippen molar-refractivity contribution in [2.24, 2.45) is 0 Å². The smallest absolute Gasteiger partial charge is 0.298 e. The van der Waals surface area contributed by atoms with Gasteiger partial charge in [0.1, 0.15) is 9.79 Å². The topological polar surface area (TPSA) is 146 Å². The minimum absolute atomic E-state index is 0.00678. The molecule has 0 fully saturated rings. The van der Waals surface area contributed by atoms with E-state index in [1.54, 1.807) is 39.0 Å². The first-order valence-corrected chi connectivity index (χ1v) is 20.1. The molecule has 6 aromatic rings. The van der Waals surface area contributed by atoms with Crippen LogP contribution in [0.3, 0.4) is 0 Å². The lowest BCUT2D eigenvalue weighted by Crippen LogP contribution is -2.32. The highest BCUT2D eigenvalue weighted by Crippen LogP contribution is 2.54. The third-order valence-corrected chi connectivity index (χ3v) is 13.1. The third kappa shape index (κ3) is 5.75. The number of aryl methyl sites for hydroxylation is 4. The van der Waals surface area contributed by atoms with Crippen LogP contribution in [0.1, 0.15) is 55.6 Å². The molecule has 10 nitrogen and oxygen atoms in total. The van der Waals surface area contributed by atoms with Crippen LogP contribution in [0.15, 0.2) is 113 Å². The van der Waals surface area contributed by atoms with Crippen molar-refractivity contribution in [1.82, 2.24) is 0 Å². The molecule has 2 unspecified atom stereocenters. The Balaban J connectivity index is 1.18. The van der Waals surface area contributed by atoms with Gasteiger partial charge >= 0.3 is 0 Å². The van der Waals surface area contributed by atoms with Crippen LogP contribution in [0.5, 0.6) is 23.0 Å². The van der Waals surface area contributed by atoms with Crippen LogP contribution < -0.4 is 9.78 Å². The molecule has 6 aromatic carbocycles. The maximum absolute atomic E-state index is 16.1. The zero-order valence-electron chi connectivity index (χ0n) is 30.4. The first-order chi connectivity index (χ1) is 26.9. The van der Waals surface area contributed by atoms with Crippen molar-refractivity contribution >= 4 is 20.2 Å². The molecule has 8 rings (SSSR count). The Hall–Kier alpha value is -5.87. The Morgan fingerprint density at radius 2 is 0.912 bits per heavy atom. The standard InChI is InChI=1S/C42H31F3O10S2/c1-22-15-26(13-14-27(22)41(30-19-33(43)36(46)16-23(30)2)28-9-5-7-11-39(28)56(48,49)54-41)52-53-38-18-25(4)32(21-35(38)45)42(31-20-34(44)37(47)17-24(31)3)29-10-6-8-12-40(29)57(50,51)55-42/h5-21,46-47H,1-4H3. The molecule has 0 spiro atoms. The number of hydrogen-bond donors (Lipinski definition) is 2. The molecule has 0 aromatic heterocycles. The molecule has 0 radical (unpaired) electrons. The molecule has 57 heavy (non-hydrogen) atoms. The van der Waals surface area contributed by atoms with E-state index in [1.165, 1.54) is 67.6 Å². The fourth-order valence-electron chi connectivity index (χ4n) is 7.88. The molecular weight excluding hydrogens is 786 g/mol. The molecule has 0 amide bonds. The summed E-state index contributed by atoms with van der Waals surface area (Å²) in [6.45, 7) is 6.29. The van der Waals surface area contributed by atoms with Gasteiger partial charge in [-0.2, -0.15) is 16.8 Å². The molecule has 0 aliphatic carbocycles. The van der Waals surface area contributed by atoms with E-state index in [0.717, 1.165) is 24.3 Å². The summed E-state index contributed by atoms with van der Waals surface area (Å²) in [5.41, 5.74) is -1.91. The summed E-state index contributed by atoms with van der Waals surface area (Å²) in [5.74, 6) is -4.71. The summed E-state index contributed by atoms with van der Waals surface area (Å²) < 4.78 is 111. The normalized spacial score (nSPS) is 20.2. The summed E-state index contributed by atoms with van der Waals surface area (Å²) in [7, 11) is -8.78. The van der Waals surface area contributed by atoms with Crippen LogP contribution in [-0.4, -0.2) is 27.0 Å². The van der Waals surface area contributed by atoms with Crippen molar-refractivity contribution < 1.29 is 58.4 Å². The summed E-state index contributed by atoms with van der Waals surface area (Å²) >= 11 is 0. The summed E-state index contributed by atoms with van der Waals surface area (Å²) in [5, 5.41) is 20.2. The Morgan fingerprint density at radius 3 is 1.40 bits per heavy atom. The fourth-order valence-corrected chi connectivity index (χ4v) is 10.7. The molecule has 2 aliphatic heterocycles. The number of fused-ring (bicyclic) bond motifs is 2.